The Labute approximate surface area is 154 Å². The van der Waals surface area contributed by atoms with E-state index in [1.807, 2.05) is 20.0 Å². The zero-order valence-electron chi connectivity index (χ0n) is 15.0. The van der Waals surface area contributed by atoms with E-state index in [1.54, 1.807) is 4.68 Å². The highest BCUT2D eigenvalue weighted by molar-refractivity contribution is 6.06. The first-order chi connectivity index (χ1) is 12.9. The van der Waals surface area contributed by atoms with Crippen molar-refractivity contribution in [2.24, 2.45) is 7.05 Å². The summed E-state index contributed by atoms with van der Waals surface area (Å²) in [5.74, 6) is -0.838. The lowest BCUT2D eigenvalue weighted by atomic mass is 10.1. The van der Waals surface area contributed by atoms with Crippen LogP contribution in [0.1, 0.15) is 46.2 Å². The topological polar surface area (TPSA) is 128 Å². The number of hydrogen-bond donors (Lipinski definition) is 2. The Morgan fingerprint density at radius 3 is 2.85 bits per heavy atom. The van der Waals surface area contributed by atoms with Gasteiger partial charge in [-0.2, -0.15) is 5.10 Å². The van der Waals surface area contributed by atoms with Crippen LogP contribution in [0.2, 0.25) is 0 Å². The SMILES string of the molecule is Cc1nn(C)c2nc(C3CC3)cc(C(=O)NCc3cn(CC(=O)O)nn3)c12. The highest BCUT2D eigenvalue weighted by atomic mass is 16.4. The van der Waals surface area contributed by atoms with Gasteiger partial charge >= 0.3 is 5.97 Å². The third kappa shape index (κ3) is 3.37. The van der Waals surface area contributed by atoms with Crippen molar-refractivity contribution in [1.29, 1.82) is 0 Å². The number of amides is 1. The van der Waals surface area contributed by atoms with Crippen LogP contribution in [0.4, 0.5) is 0 Å². The fourth-order valence-corrected chi connectivity index (χ4v) is 3.13. The molecular formula is C17H19N7O3. The van der Waals surface area contributed by atoms with Crippen LogP contribution in [0.15, 0.2) is 12.3 Å². The molecule has 3 aromatic rings. The summed E-state index contributed by atoms with van der Waals surface area (Å²) in [6.45, 7) is 1.74. The average Bonchev–Trinajstić information content (AvgIpc) is 3.32. The van der Waals surface area contributed by atoms with E-state index in [9.17, 15) is 9.59 Å². The van der Waals surface area contributed by atoms with Gasteiger partial charge in [0.25, 0.3) is 5.91 Å². The Balaban J connectivity index is 1.58. The maximum Gasteiger partial charge on any atom is 0.325 e. The van der Waals surface area contributed by atoms with Crippen molar-refractivity contribution in [1.82, 2.24) is 35.1 Å². The lowest BCUT2D eigenvalue weighted by Crippen LogP contribution is -2.23. The standard InChI is InChI=1S/C17H19N7O3/c1-9-15-12(5-13(10-3-4-10)19-16(15)23(2)21-9)17(27)18-6-11-7-24(22-20-11)8-14(25)26/h5,7,10H,3-4,6,8H2,1-2H3,(H,18,27)(H,25,26). The third-order valence-corrected chi connectivity index (χ3v) is 4.54. The second kappa shape index (κ2) is 6.45. The summed E-state index contributed by atoms with van der Waals surface area (Å²) in [6.07, 6.45) is 3.67. The number of nitrogens with one attached hydrogen (secondary N) is 1. The molecule has 0 atom stereocenters. The van der Waals surface area contributed by atoms with Crippen molar-refractivity contribution < 1.29 is 14.7 Å². The Morgan fingerprint density at radius 1 is 1.37 bits per heavy atom. The summed E-state index contributed by atoms with van der Waals surface area (Å²) in [4.78, 5) is 28.2. The van der Waals surface area contributed by atoms with Gasteiger partial charge in [-0.1, -0.05) is 5.21 Å². The summed E-state index contributed by atoms with van der Waals surface area (Å²) in [6, 6.07) is 1.85. The van der Waals surface area contributed by atoms with Gasteiger partial charge in [0, 0.05) is 18.7 Å². The van der Waals surface area contributed by atoms with E-state index in [0.29, 0.717) is 22.8 Å². The Kier molecular flexibility index (Phi) is 4.09. The zero-order valence-corrected chi connectivity index (χ0v) is 15.0. The number of aryl methyl sites for hydroxylation is 2. The number of carbonyl (C=O) groups excluding carboxylic acids is 1. The van der Waals surface area contributed by atoms with E-state index in [-0.39, 0.29) is 19.0 Å². The van der Waals surface area contributed by atoms with Crippen LogP contribution in [-0.4, -0.2) is 46.7 Å². The van der Waals surface area contributed by atoms with E-state index in [1.165, 1.54) is 10.9 Å². The van der Waals surface area contributed by atoms with Gasteiger partial charge in [0.15, 0.2) is 5.65 Å². The molecule has 1 fully saturated rings. The molecule has 0 unspecified atom stereocenters. The van der Waals surface area contributed by atoms with Crippen LogP contribution in [0.5, 0.6) is 0 Å². The molecule has 0 radical (unpaired) electrons. The summed E-state index contributed by atoms with van der Waals surface area (Å²) < 4.78 is 2.91. The number of pyridine rings is 1. The molecule has 3 heterocycles. The lowest BCUT2D eigenvalue weighted by Gasteiger charge is -2.08. The smallest absolute Gasteiger partial charge is 0.325 e. The molecule has 4 rings (SSSR count). The van der Waals surface area contributed by atoms with E-state index in [2.05, 4.69) is 25.7 Å². The molecule has 10 nitrogen and oxygen atoms in total. The van der Waals surface area contributed by atoms with Crippen LogP contribution in [0, 0.1) is 6.92 Å². The number of carbonyl (C=O) groups is 2. The molecule has 0 spiro atoms. The molecule has 1 aliphatic rings. The Hall–Kier alpha value is -3.30. The predicted octanol–water partition coefficient (Wildman–Crippen LogP) is 0.760. The molecule has 1 aliphatic carbocycles. The second-order valence-corrected chi connectivity index (χ2v) is 6.76. The third-order valence-electron chi connectivity index (χ3n) is 4.54. The number of aromatic nitrogens is 6. The molecule has 2 N–H and O–H groups in total. The minimum atomic E-state index is -1.01. The first kappa shape index (κ1) is 17.1. The minimum absolute atomic E-state index is 0.153. The zero-order chi connectivity index (χ0) is 19.1. The summed E-state index contributed by atoms with van der Waals surface area (Å²) in [5, 5.41) is 24.4. The molecule has 0 bridgehead atoms. The maximum absolute atomic E-state index is 12.8. The molecular weight excluding hydrogens is 350 g/mol. The van der Waals surface area contributed by atoms with Gasteiger partial charge in [-0.25, -0.2) is 9.67 Å². The normalized spacial score (nSPS) is 13.9. The molecule has 3 aromatic heterocycles. The monoisotopic (exact) mass is 369 g/mol. The number of nitrogens with zero attached hydrogens (tertiary/aromatic N) is 6. The number of fused-ring (bicyclic) bond motifs is 1. The summed E-state index contributed by atoms with van der Waals surface area (Å²) in [7, 11) is 1.82. The highest BCUT2D eigenvalue weighted by Gasteiger charge is 2.28. The molecule has 27 heavy (non-hydrogen) atoms. The van der Waals surface area contributed by atoms with Crippen molar-refractivity contribution in [3.8, 4) is 0 Å². The number of rotatable bonds is 6. The fourth-order valence-electron chi connectivity index (χ4n) is 3.13. The van der Waals surface area contributed by atoms with Crippen LogP contribution in [0.3, 0.4) is 0 Å². The lowest BCUT2D eigenvalue weighted by molar-refractivity contribution is -0.137. The van der Waals surface area contributed by atoms with Gasteiger partial charge in [0.1, 0.15) is 12.2 Å². The fraction of sp³-hybridized carbons (Fsp3) is 0.412. The highest BCUT2D eigenvalue weighted by Crippen LogP contribution is 2.40. The quantitative estimate of drug-likeness (QED) is 0.656. The van der Waals surface area contributed by atoms with Gasteiger partial charge in [-0.3, -0.25) is 14.3 Å². The molecule has 0 aliphatic heterocycles. The largest absolute Gasteiger partial charge is 0.480 e. The second-order valence-electron chi connectivity index (χ2n) is 6.76. The first-order valence-electron chi connectivity index (χ1n) is 8.65. The van der Waals surface area contributed by atoms with Crippen molar-refractivity contribution in [3.63, 3.8) is 0 Å². The molecule has 140 valence electrons. The first-order valence-corrected chi connectivity index (χ1v) is 8.65. The van der Waals surface area contributed by atoms with Crippen LogP contribution in [-0.2, 0) is 24.9 Å². The van der Waals surface area contributed by atoms with Crippen molar-refractivity contribution in [2.45, 2.75) is 38.8 Å². The molecule has 1 saturated carbocycles. The molecule has 1 amide bonds. The van der Waals surface area contributed by atoms with Gasteiger partial charge in [-0.15, -0.1) is 5.10 Å². The van der Waals surface area contributed by atoms with E-state index in [4.69, 9.17) is 5.11 Å². The summed E-state index contributed by atoms with van der Waals surface area (Å²) >= 11 is 0. The Morgan fingerprint density at radius 2 is 2.15 bits per heavy atom. The van der Waals surface area contributed by atoms with E-state index >= 15 is 0 Å². The van der Waals surface area contributed by atoms with Gasteiger partial charge < -0.3 is 10.4 Å². The summed E-state index contributed by atoms with van der Waals surface area (Å²) in [5.41, 5.74) is 3.41. The van der Waals surface area contributed by atoms with Gasteiger partial charge in [0.05, 0.1) is 29.4 Å². The number of aliphatic carboxylic acids is 1. The number of carboxylic acid groups (broad SMARTS) is 1. The van der Waals surface area contributed by atoms with Crippen LogP contribution >= 0.6 is 0 Å². The number of carboxylic acids is 1. The predicted molar refractivity (Wildman–Crippen MR) is 94.0 cm³/mol. The van der Waals surface area contributed by atoms with Crippen molar-refractivity contribution in [2.75, 3.05) is 0 Å². The van der Waals surface area contributed by atoms with Crippen LogP contribution in [0.25, 0.3) is 11.0 Å². The van der Waals surface area contributed by atoms with Crippen molar-refractivity contribution in [3.05, 3.63) is 34.9 Å². The molecule has 0 aromatic carbocycles. The molecule has 0 saturated heterocycles. The van der Waals surface area contributed by atoms with E-state index < -0.39 is 5.97 Å². The van der Waals surface area contributed by atoms with Crippen molar-refractivity contribution >= 4 is 22.9 Å². The molecule has 10 heteroatoms. The van der Waals surface area contributed by atoms with Gasteiger partial charge in [0.2, 0.25) is 0 Å². The minimum Gasteiger partial charge on any atom is -0.480 e. The van der Waals surface area contributed by atoms with Crippen LogP contribution < -0.4 is 5.32 Å². The van der Waals surface area contributed by atoms with E-state index in [0.717, 1.165) is 29.6 Å². The number of hydrogen-bond acceptors (Lipinski definition) is 6. The average molecular weight is 369 g/mol. The Bertz CT molecular complexity index is 1050. The maximum atomic E-state index is 12.8. The van der Waals surface area contributed by atoms with Gasteiger partial charge in [-0.05, 0) is 25.8 Å².